The van der Waals surface area contributed by atoms with Crippen LogP contribution in [0.15, 0.2) is 36.4 Å². The van der Waals surface area contributed by atoms with Crippen LogP contribution < -0.4 is 61.6 Å². The summed E-state index contributed by atoms with van der Waals surface area (Å²) in [6.07, 6.45) is 0. The van der Waals surface area contributed by atoms with Crippen LogP contribution in [0.4, 0.5) is 12.9 Å². The smallest absolute Gasteiger partial charge is 0.497 e. The number of fused-ring (bicyclic) bond motifs is 1. The second-order valence-corrected chi connectivity index (χ2v) is 3.55. The fourth-order valence-corrected chi connectivity index (χ4v) is 1.57. The Morgan fingerprint density at radius 2 is 1.59 bits per heavy atom. The Kier molecular flexibility index (Phi) is 5.09. The van der Waals surface area contributed by atoms with Gasteiger partial charge in [0, 0.05) is 0 Å². The largest absolute Gasteiger partial charge is 1.00 e. The summed E-state index contributed by atoms with van der Waals surface area (Å²) in [5, 5.41) is 1.31. The molecule has 0 unspecified atom stereocenters. The minimum Gasteiger partial charge on any atom is -0.497 e. The third-order valence-corrected chi connectivity index (χ3v) is 2.45. The van der Waals surface area contributed by atoms with E-state index in [-0.39, 0.29) is 51.4 Å². The van der Waals surface area contributed by atoms with Crippen LogP contribution >= 0.6 is 0 Å². The Balaban J connectivity index is 0.00000144. The Hall–Kier alpha value is -0.00870. The van der Waals surface area contributed by atoms with E-state index < -0.39 is 12.4 Å². The van der Waals surface area contributed by atoms with Gasteiger partial charge in [-0.1, -0.05) is 24.3 Å². The maximum Gasteiger partial charge on any atom is 1.00 e. The Labute approximate surface area is 140 Å². The predicted molar refractivity (Wildman–Crippen MR) is 59.2 cm³/mol. The Bertz CT molecular complexity index is 528. The van der Waals surface area contributed by atoms with Crippen LogP contribution in [0.2, 0.25) is 0 Å². The van der Waals surface area contributed by atoms with E-state index in [0.717, 1.165) is 17.5 Å². The fourth-order valence-electron chi connectivity index (χ4n) is 1.57. The monoisotopic (exact) mass is 264 g/mol. The van der Waals surface area contributed by atoms with Crippen LogP contribution in [0.25, 0.3) is 10.8 Å². The molecule has 84 valence electrons. The molecule has 0 heterocycles. The van der Waals surface area contributed by atoms with Crippen molar-refractivity contribution in [3.63, 3.8) is 0 Å². The molecule has 0 aliphatic heterocycles. The van der Waals surface area contributed by atoms with Crippen LogP contribution in [0, 0.1) is 0 Å². The molecule has 0 aliphatic carbocycles. The third-order valence-electron chi connectivity index (χ3n) is 2.45. The molecule has 0 bridgehead atoms. The van der Waals surface area contributed by atoms with Crippen LogP contribution in [-0.4, -0.2) is 14.1 Å². The van der Waals surface area contributed by atoms with Crippen molar-refractivity contribution in [3.05, 3.63) is 36.4 Å². The average molecular weight is 264 g/mol. The molecule has 0 N–H and O–H groups in total. The Morgan fingerprint density at radius 3 is 2.18 bits per heavy atom. The maximum atomic E-state index is 12.5. The van der Waals surface area contributed by atoms with Gasteiger partial charge in [-0.3, -0.25) is 0 Å². The summed E-state index contributed by atoms with van der Waals surface area (Å²) >= 11 is 0. The molecular formula is C11H9BF3KO. The summed E-state index contributed by atoms with van der Waals surface area (Å²) in [7, 11) is 1.48. The summed E-state index contributed by atoms with van der Waals surface area (Å²) in [5.74, 6) is 0.555. The molecule has 0 atom stereocenters. The van der Waals surface area contributed by atoms with E-state index in [1.165, 1.54) is 13.2 Å². The van der Waals surface area contributed by atoms with E-state index in [0.29, 0.717) is 11.1 Å². The molecule has 2 aromatic rings. The number of ether oxygens (including phenoxy) is 1. The van der Waals surface area contributed by atoms with Crippen molar-refractivity contribution >= 4 is 23.2 Å². The van der Waals surface area contributed by atoms with E-state index >= 15 is 0 Å². The molecule has 0 saturated carbocycles. The molecule has 0 radical (unpaired) electrons. The molecule has 2 aromatic carbocycles. The minimum atomic E-state index is -4.94. The van der Waals surface area contributed by atoms with Gasteiger partial charge in [0.25, 0.3) is 0 Å². The number of hydrogen-bond acceptors (Lipinski definition) is 1. The summed E-state index contributed by atoms with van der Waals surface area (Å²) in [5.41, 5.74) is -0.583. The zero-order valence-corrected chi connectivity index (χ0v) is 12.7. The van der Waals surface area contributed by atoms with Gasteiger partial charge in [-0.05, 0) is 22.9 Å². The van der Waals surface area contributed by atoms with Gasteiger partial charge in [0.15, 0.2) is 0 Å². The van der Waals surface area contributed by atoms with Crippen molar-refractivity contribution in [2.75, 3.05) is 7.11 Å². The number of hydrogen-bond donors (Lipinski definition) is 0. The average Bonchev–Trinajstić information content (AvgIpc) is 2.26. The molecule has 0 aromatic heterocycles. The van der Waals surface area contributed by atoms with Crippen LogP contribution in [0.1, 0.15) is 0 Å². The van der Waals surface area contributed by atoms with Crippen molar-refractivity contribution in [2.45, 2.75) is 0 Å². The summed E-state index contributed by atoms with van der Waals surface area (Å²) < 4.78 is 42.6. The van der Waals surface area contributed by atoms with Crippen molar-refractivity contribution in [2.24, 2.45) is 0 Å². The standard InChI is InChI=1S/C11H9BF3O.K/c1-16-11-5-3-8-2-4-10(12(13,14)15)6-9(8)7-11;/h2-7H,1H3;/q-1;+1. The quantitative estimate of drug-likeness (QED) is 0.689. The second kappa shape index (κ2) is 5.75. The molecule has 0 aliphatic rings. The normalized spacial score (nSPS) is 11.1. The van der Waals surface area contributed by atoms with Gasteiger partial charge in [0.2, 0.25) is 0 Å². The number of rotatable bonds is 2. The van der Waals surface area contributed by atoms with E-state index in [9.17, 15) is 12.9 Å². The van der Waals surface area contributed by atoms with Gasteiger partial charge in [-0.2, -0.15) is 0 Å². The molecular weight excluding hydrogens is 255 g/mol. The van der Waals surface area contributed by atoms with Gasteiger partial charge < -0.3 is 17.7 Å². The van der Waals surface area contributed by atoms with Crippen LogP contribution in [0.3, 0.4) is 0 Å². The van der Waals surface area contributed by atoms with Gasteiger partial charge in [-0.25, -0.2) is 0 Å². The predicted octanol–water partition coefficient (Wildman–Crippen LogP) is -0.0932. The molecule has 1 nitrogen and oxygen atoms in total. The fraction of sp³-hybridized carbons (Fsp3) is 0.0909. The van der Waals surface area contributed by atoms with E-state index in [1.54, 1.807) is 18.2 Å². The first-order chi connectivity index (χ1) is 7.50. The number of methoxy groups -OCH3 is 1. The zero-order chi connectivity index (χ0) is 11.8. The molecule has 0 saturated heterocycles. The molecule has 6 heteroatoms. The van der Waals surface area contributed by atoms with Crippen molar-refractivity contribution in [3.8, 4) is 5.75 Å². The molecule has 0 amide bonds. The van der Waals surface area contributed by atoms with Gasteiger partial charge in [0.1, 0.15) is 5.75 Å². The molecule has 0 spiro atoms. The molecule has 2 rings (SSSR count). The van der Waals surface area contributed by atoms with Crippen molar-refractivity contribution in [1.82, 2.24) is 0 Å². The topological polar surface area (TPSA) is 9.23 Å². The third kappa shape index (κ3) is 3.48. The maximum absolute atomic E-state index is 12.5. The van der Waals surface area contributed by atoms with E-state index in [4.69, 9.17) is 4.74 Å². The molecule has 0 fully saturated rings. The first kappa shape index (κ1) is 15.1. The van der Waals surface area contributed by atoms with Gasteiger partial charge in [-0.15, -0.1) is 5.46 Å². The number of halogens is 3. The molecule has 17 heavy (non-hydrogen) atoms. The van der Waals surface area contributed by atoms with Crippen LogP contribution in [-0.2, 0) is 0 Å². The second-order valence-electron chi connectivity index (χ2n) is 3.55. The van der Waals surface area contributed by atoms with Gasteiger partial charge in [0.05, 0.1) is 7.11 Å². The van der Waals surface area contributed by atoms with Crippen molar-refractivity contribution in [1.29, 1.82) is 0 Å². The SMILES string of the molecule is COc1ccc2ccc([B-](F)(F)F)cc2c1.[K+]. The van der Waals surface area contributed by atoms with Gasteiger partial charge >= 0.3 is 58.4 Å². The first-order valence-corrected chi connectivity index (χ1v) is 4.78. The van der Waals surface area contributed by atoms with E-state index in [2.05, 4.69) is 0 Å². The summed E-state index contributed by atoms with van der Waals surface area (Å²) in [6.45, 7) is -4.94. The zero-order valence-electron chi connectivity index (χ0n) is 9.58. The first-order valence-electron chi connectivity index (χ1n) is 4.78. The number of benzene rings is 2. The van der Waals surface area contributed by atoms with Crippen molar-refractivity contribution < 1.29 is 69.1 Å². The van der Waals surface area contributed by atoms with Crippen LogP contribution in [0.5, 0.6) is 5.75 Å². The minimum absolute atomic E-state index is 0. The summed E-state index contributed by atoms with van der Waals surface area (Å²) in [6, 6.07) is 8.79. The summed E-state index contributed by atoms with van der Waals surface area (Å²) in [4.78, 5) is 0. The Morgan fingerprint density at radius 1 is 0.941 bits per heavy atom. The van der Waals surface area contributed by atoms with E-state index in [1.807, 2.05) is 0 Å².